The third kappa shape index (κ3) is 4.59. The van der Waals surface area contributed by atoms with E-state index >= 15 is 0 Å². The fraction of sp³-hybridized carbons (Fsp3) is 0.0882. The van der Waals surface area contributed by atoms with Crippen LogP contribution in [0.2, 0.25) is 0 Å². The van der Waals surface area contributed by atoms with E-state index in [9.17, 15) is 0 Å². The molecule has 1 saturated heterocycles. The van der Waals surface area contributed by atoms with Crippen LogP contribution in [0, 0.1) is 0 Å². The number of hydrogen-bond acceptors (Lipinski definition) is 4. The van der Waals surface area contributed by atoms with Gasteiger partial charge in [0.1, 0.15) is 17.2 Å². The van der Waals surface area contributed by atoms with Crippen LogP contribution in [-0.4, -0.2) is 13.0 Å². The normalized spacial score (nSPS) is 17.1. The minimum atomic E-state index is -0.764. The molecule has 5 aromatic rings. The predicted molar refractivity (Wildman–Crippen MR) is 161 cm³/mol. The summed E-state index contributed by atoms with van der Waals surface area (Å²) in [6.45, 7) is 0. The van der Waals surface area contributed by atoms with Crippen LogP contribution >= 0.6 is 15.9 Å². The van der Waals surface area contributed by atoms with Crippen molar-refractivity contribution in [1.29, 1.82) is 0 Å². The predicted octanol–water partition coefficient (Wildman–Crippen LogP) is 8.67. The molecule has 1 aliphatic heterocycles. The number of rotatable bonds is 6. The summed E-state index contributed by atoms with van der Waals surface area (Å²) >= 11 is 3.55. The van der Waals surface area contributed by atoms with Crippen LogP contribution in [-0.2, 0) is 10.3 Å². The molecule has 0 saturated carbocycles. The minimum absolute atomic E-state index is 0.273. The van der Waals surface area contributed by atoms with Gasteiger partial charge in [0.15, 0.2) is 0 Å². The van der Waals surface area contributed by atoms with Crippen molar-refractivity contribution in [2.75, 3.05) is 12.2 Å². The van der Waals surface area contributed by atoms with Gasteiger partial charge < -0.3 is 9.57 Å². The molecule has 5 heteroatoms. The summed E-state index contributed by atoms with van der Waals surface area (Å²) in [7, 11) is 1.69. The number of anilines is 1. The van der Waals surface area contributed by atoms with Gasteiger partial charge in [0.2, 0.25) is 5.90 Å². The highest BCUT2D eigenvalue weighted by atomic mass is 79.9. The first kappa shape index (κ1) is 25.0. The molecule has 0 spiro atoms. The summed E-state index contributed by atoms with van der Waals surface area (Å²) in [5, 5.41) is 2.00. The molecule has 0 aromatic heterocycles. The molecule has 0 radical (unpaired) electrons. The van der Waals surface area contributed by atoms with Crippen molar-refractivity contribution < 1.29 is 9.57 Å². The zero-order valence-corrected chi connectivity index (χ0v) is 23.0. The van der Waals surface area contributed by atoms with Crippen LogP contribution < -0.4 is 9.80 Å². The van der Waals surface area contributed by atoms with Crippen molar-refractivity contribution in [3.8, 4) is 5.75 Å². The maximum Gasteiger partial charge on any atom is 0.240 e. The Balaban J connectivity index is 1.69. The molecule has 0 N–H and O–H groups in total. The van der Waals surface area contributed by atoms with E-state index < -0.39 is 5.41 Å². The number of hydroxylamine groups is 1. The highest BCUT2D eigenvalue weighted by Crippen LogP contribution is 2.54. The molecule has 1 fully saturated rings. The molecule has 4 nitrogen and oxygen atoms in total. The summed E-state index contributed by atoms with van der Waals surface area (Å²) in [5.41, 5.74) is 4.24. The van der Waals surface area contributed by atoms with Gasteiger partial charge in [-0.1, -0.05) is 107 Å². The Morgan fingerprint density at radius 2 is 1.23 bits per heavy atom. The fourth-order valence-electron chi connectivity index (χ4n) is 5.33. The van der Waals surface area contributed by atoms with E-state index in [1.807, 2.05) is 71.8 Å². The van der Waals surface area contributed by atoms with E-state index in [0.717, 1.165) is 38.3 Å². The summed E-state index contributed by atoms with van der Waals surface area (Å²) in [5.74, 6) is 1.41. The summed E-state index contributed by atoms with van der Waals surface area (Å²) in [6.07, 6.45) is 0. The summed E-state index contributed by atoms with van der Waals surface area (Å²) < 4.78 is 6.50. The van der Waals surface area contributed by atoms with Crippen molar-refractivity contribution in [1.82, 2.24) is 0 Å². The number of hydrogen-bond donors (Lipinski definition) is 0. The largest absolute Gasteiger partial charge is 0.497 e. The SMILES string of the molecule is COc1ccc(C2N(c3ccccc3)OC(=Nc3ccc(Br)cc3)C2(c2ccccc2)c2ccccc2)cc1. The molecule has 6 rings (SSSR count). The van der Waals surface area contributed by atoms with Crippen LogP contribution in [0.25, 0.3) is 0 Å². The zero-order valence-electron chi connectivity index (χ0n) is 21.4. The summed E-state index contributed by atoms with van der Waals surface area (Å²) in [6, 6.07) is 47.2. The third-order valence-electron chi connectivity index (χ3n) is 7.12. The maximum absolute atomic E-state index is 6.87. The van der Waals surface area contributed by atoms with E-state index in [4.69, 9.17) is 14.6 Å². The first-order valence-corrected chi connectivity index (χ1v) is 13.6. The maximum atomic E-state index is 6.87. The Bertz CT molecular complexity index is 1520. The molecule has 0 aliphatic carbocycles. The Morgan fingerprint density at radius 1 is 0.692 bits per heavy atom. The molecule has 1 aliphatic rings. The number of nitrogens with zero attached hydrogens (tertiary/aromatic N) is 2. The average molecular weight is 576 g/mol. The van der Waals surface area contributed by atoms with Gasteiger partial charge in [-0.05, 0) is 65.2 Å². The van der Waals surface area contributed by atoms with Gasteiger partial charge in [0.25, 0.3) is 0 Å². The van der Waals surface area contributed by atoms with Crippen LogP contribution in [0.15, 0.2) is 149 Å². The second kappa shape index (κ2) is 10.8. The second-order valence-corrected chi connectivity index (χ2v) is 10.3. The standard InChI is InChI=1S/C34H27BrN2O2/c1-38-31-23-17-25(18-24-31)32-34(26-11-5-2-6-12-26,27-13-7-3-8-14-27)33(36-29-21-19-28(35)20-22-29)39-37(32)30-15-9-4-10-16-30/h2-24,32H,1H3. The Kier molecular flexibility index (Phi) is 6.91. The number of aliphatic imine (C=N–C) groups is 1. The van der Waals surface area contributed by atoms with Crippen LogP contribution in [0.4, 0.5) is 11.4 Å². The van der Waals surface area contributed by atoms with E-state index in [1.165, 1.54) is 0 Å². The van der Waals surface area contributed by atoms with E-state index in [0.29, 0.717) is 5.90 Å². The quantitative estimate of drug-likeness (QED) is 0.203. The molecule has 5 aromatic carbocycles. The number of methoxy groups -OCH3 is 1. The first-order valence-electron chi connectivity index (χ1n) is 12.8. The molecule has 39 heavy (non-hydrogen) atoms. The van der Waals surface area contributed by atoms with Gasteiger partial charge in [-0.15, -0.1) is 0 Å². The van der Waals surface area contributed by atoms with E-state index in [1.54, 1.807) is 7.11 Å². The van der Waals surface area contributed by atoms with Crippen molar-refractivity contribution in [3.63, 3.8) is 0 Å². The van der Waals surface area contributed by atoms with E-state index in [2.05, 4.69) is 88.7 Å². The summed E-state index contributed by atoms with van der Waals surface area (Å²) in [4.78, 5) is 12.1. The van der Waals surface area contributed by atoms with Gasteiger partial charge in [0.05, 0.1) is 18.5 Å². The highest BCUT2D eigenvalue weighted by Gasteiger charge is 2.58. The first-order chi connectivity index (χ1) is 19.2. The highest BCUT2D eigenvalue weighted by molar-refractivity contribution is 9.10. The lowest BCUT2D eigenvalue weighted by Crippen LogP contribution is -2.40. The van der Waals surface area contributed by atoms with E-state index in [-0.39, 0.29) is 6.04 Å². The molecule has 192 valence electrons. The molecule has 1 atom stereocenters. The molecular formula is C34H27BrN2O2. The van der Waals surface area contributed by atoms with Crippen molar-refractivity contribution in [2.45, 2.75) is 11.5 Å². The van der Waals surface area contributed by atoms with Gasteiger partial charge in [-0.2, -0.15) is 5.06 Å². The average Bonchev–Trinajstić information content (AvgIpc) is 3.35. The van der Waals surface area contributed by atoms with Gasteiger partial charge >= 0.3 is 0 Å². The number of ether oxygens (including phenoxy) is 1. The molecule has 1 heterocycles. The van der Waals surface area contributed by atoms with Crippen LogP contribution in [0.3, 0.4) is 0 Å². The fourth-order valence-corrected chi connectivity index (χ4v) is 5.60. The molecule has 1 unspecified atom stereocenters. The van der Waals surface area contributed by atoms with Crippen molar-refractivity contribution in [3.05, 3.63) is 161 Å². The lowest BCUT2D eigenvalue weighted by atomic mass is 9.67. The Morgan fingerprint density at radius 3 is 1.77 bits per heavy atom. The lowest BCUT2D eigenvalue weighted by Gasteiger charge is -2.36. The third-order valence-corrected chi connectivity index (χ3v) is 7.65. The van der Waals surface area contributed by atoms with Crippen LogP contribution in [0.5, 0.6) is 5.75 Å². The number of para-hydroxylation sites is 1. The van der Waals surface area contributed by atoms with Crippen molar-refractivity contribution >= 4 is 33.2 Å². The van der Waals surface area contributed by atoms with Crippen molar-refractivity contribution in [2.24, 2.45) is 4.99 Å². The smallest absolute Gasteiger partial charge is 0.240 e. The monoisotopic (exact) mass is 574 g/mol. The van der Waals surface area contributed by atoms with Gasteiger partial charge in [-0.25, -0.2) is 4.99 Å². The molecule has 0 bridgehead atoms. The lowest BCUT2D eigenvalue weighted by molar-refractivity contribution is 0.275. The zero-order chi connectivity index (χ0) is 26.7. The molecule has 0 amide bonds. The molecular weight excluding hydrogens is 548 g/mol. The number of halogens is 1. The topological polar surface area (TPSA) is 34.1 Å². The number of benzene rings is 5. The second-order valence-electron chi connectivity index (χ2n) is 9.36. The Hall–Kier alpha value is -4.35. The van der Waals surface area contributed by atoms with Crippen LogP contribution in [0.1, 0.15) is 22.7 Å². The van der Waals surface area contributed by atoms with Gasteiger partial charge in [-0.3, -0.25) is 0 Å². The Labute approximate surface area is 237 Å². The van der Waals surface area contributed by atoms with Gasteiger partial charge in [0, 0.05) is 4.47 Å². The minimum Gasteiger partial charge on any atom is -0.497 e.